The van der Waals surface area contributed by atoms with Crippen LogP contribution in [0.15, 0.2) is 68.7 Å². The Hall–Kier alpha value is -1.94. The summed E-state index contributed by atoms with van der Waals surface area (Å²) >= 11 is 1.05. The molecule has 27 heavy (non-hydrogen) atoms. The van der Waals surface area contributed by atoms with Crippen molar-refractivity contribution < 1.29 is 16.8 Å². The zero-order valence-electron chi connectivity index (χ0n) is 14.4. The third-order valence-corrected chi connectivity index (χ3v) is 8.04. The van der Waals surface area contributed by atoms with E-state index in [4.69, 9.17) is 0 Å². The quantitative estimate of drug-likeness (QED) is 0.647. The lowest BCUT2D eigenvalue weighted by Crippen LogP contribution is -2.00. The van der Waals surface area contributed by atoms with E-state index in [0.717, 1.165) is 17.6 Å². The molecule has 1 N–H and O–H groups in total. The van der Waals surface area contributed by atoms with E-state index in [2.05, 4.69) is 10.3 Å². The van der Waals surface area contributed by atoms with Crippen LogP contribution in [0.25, 0.3) is 11.1 Å². The fourth-order valence-corrected chi connectivity index (χ4v) is 5.46. The molecule has 0 aliphatic rings. The molecule has 3 rings (SSSR count). The van der Waals surface area contributed by atoms with Gasteiger partial charge < -0.3 is 5.32 Å². The van der Waals surface area contributed by atoms with Crippen molar-refractivity contribution in [1.82, 2.24) is 4.98 Å². The Bertz CT molecular complexity index is 1170. The zero-order chi connectivity index (χ0) is 18.9. The second-order valence-corrected chi connectivity index (χ2v) is 10.8. The highest BCUT2D eigenvalue weighted by molar-refractivity contribution is 7.93. The van der Waals surface area contributed by atoms with Gasteiger partial charge in [0.25, 0.3) is 0 Å². The molecule has 0 saturated carbocycles. The molecular formula is C17H17ClN2O4S3. The van der Waals surface area contributed by atoms with Crippen LogP contribution in [0.3, 0.4) is 0 Å². The van der Waals surface area contributed by atoms with Crippen molar-refractivity contribution >= 4 is 48.5 Å². The number of anilines is 1. The first kappa shape index (κ1) is 21.4. The molecule has 0 saturated heterocycles. The molecule has 1 aromatic heterocycles. The second-order valence-electron chi connectivity index (χ2n) is 5.57. The lowest BCUT2D eigenvalue weighted by Gasteiger charge is -2.07. The highest BCUT2D eigenvalue weighted by atomic mass is 35.5. The Labute approximate surface area is 168 Å². The molecule has 0 unspecified atom stereocenters. The van der Waals surface area contributed by atoms with Gasteiger partial charge in [-0.3, -0.25) is 0 Å². The Morgan fingerprint density at radius 2 is 1.48 bits per heavy atom. The molecule has 0 atom stereocenters. The normalized spacial score (nSPS) is 11.6. The molecule has 144 valence electrons. The minimum absolute atomic E-state index is 0. The van der Waals surface area contributed by atoms with Crippen LogP contribution in [-0.4, -0.2) is 35.1 Å². The van der Waals surface area contributed by atoms with E-state index in [-0.39, 0.29) is 26.4 Å². The van der Waals surface area contributed by atoms with Crippen molar-refractivity contribution in [2.45, 2.75) is 14.0 Å². The van der Waals surface area contributed by atoms with Crippen molar-refractivity contribution in [3.8, 4) is 11.1 Å². The Balaban J connectivity index is 0.00000261. The fourth-order valence-electron chi connectivity index (χ4n) is 2.36. The van der Waals surface area contributed by atoms with Gasteiger partial charge in [0.05, 0.1) is 16.0 Å². The number of rotatable bonds is 5. The molecule has 0 fully saturated rings. The van der Waals surface area contributed by atoms with Gasteiger partial charge in [-0.1, -0.05) is 35.6 Å². The molecule has 0 radical (unpaired) electrons. The van der Waals surface area contributed by atoms with E-state index in [1.54, 1.807) is 31.3 Å². The first-order chi connectivity index (χ1) is 12.2. The standard InChI is InChI=1S/C17H16N2O4S3.ClH/c1-18-17-19-11-16(24-17)26(22,23)15-8-4-6-13(10-15)12-5-3-7-14(9-12)25(2,20)21;/h3-11H,1-2H3,(H,18,19);1H. The molecule has 0 amide bonds. The second kappa shape index (κ2) is 7.97. The van der Waals surface area contributed by atoms with E-state index < -0.39 is 19.7 Å². The lowest BCUT2D eigenvalue weighted by molar-refractivity contribution is 0.597. The van der Waals surface area contributed by atoms with Crippen LogP contribution in [0.5, 0.6) is 0 Å². The largest absolute Gasteiger partial charge is 0.365 e. The smallest absolute Gasteiger partial charge is 0.217 e. The Morgan fingerprint density at radius 1 is 0.926 bits per heavy atom. The van der Waals surface area contributed by atoms with E-state index >= 15 is 0 Å². The number of thiazole rings is 1. The van der Waals surface area contributed by atoms with Crippen molar-refractivity contribution in [1.29, 1.82) is 0 Å². The van der Waals surface area contributed by atoms with Gasteiger partial charge in [-0.15, -0.1) is 12.4 Å². The summed E-state index contributed by atoms with van der Waals surface area (Å²) in [6.07, 6.45) is 2.46. The maximum absolute atomic E-state index is 12.8. The molecule has 1 heterocycles. The monoisotopic (exact) mass is 444 g/mol. The highest BCUT2D eigenvalue weighted by Crippen LogP contribution is 2.31. The van der Waals surface area contributed by atoms with Crippen molar-refractivity contribution in [2.24, 2.45) is 0 Å². The molecule has 10 heteroatoms. The summed E-state index contributed by atoms with van der Waals surface area (Å²) in [5, 5.41) is 3.33. The lowest BCUT2D eigenvalue weighted by atomic mass is 10.1. The van der Waals surface area contributed by atoms with Gasteiger partial charge in [-0.05, 0) is 35.4 Å². The summed E-state index contributed by atoms with van der Waals surface area (Å²) < 4.78 is 49.3. The van der Waals surface area contributed by atoms with E-state index in [1.165, 1.54) is 30.5 Å². The highest BCUT2D eigenvalue weighted by Gasteiger charge is 2.21. The average molecular weight is 445 g/mol. The zero-order valence-corrected chi connectivity index (χ0v) is 17.7. The van der Waals surface area contributed by atoms with E-state index in [0.29, 0.717) is 16.3 Å². The van der Waals surface area contributed by atoms with Crippen LogP contribution in [0, 0.1) is 0 Å². The minimum Gasteiger partial charge on any atom is -0.365 e. The van der Waals surface area contributed by atoms with Gasteiger partial charge in [-0.2, -0.15) is 0 Å². The molecular weight excluding hydrogens is 428 g/mol. The third-order valence-electron chi connectivity index (χ3n) is 3.70. The molecule has 6 nitrogen and oxygen atoms in total. The summed E-state index contributed by atoms with van der Waals surface area (Å²) in [5.41, 5.74) is 1.25. The minimum atomic E-state index is -3.70. The van der Waals surface area contributed by atoms with Crippen LogP contribution >= 0.6 is 23.7 Å². The van der Waals surface area contributed by atoms with Gasteiger partial charge >= 0.3 is 0 Å². The number of aromatic nitrogens is 1. The van der Waals surface area contributed by atoms with Gasteiger partial charge in [0.1, 0.15) is 4.21 Å². The summed E-state index contributed by atoms with van der Waals surface area (Å²) in [6, 6.07) is 12.8. The number of nitrogens with one attached hydrogen (secondary N) is 1. The maximum Gasteiger partial charge on any atom is 0.217 e. The maximum atomic E-state index is 12.8. The van der Waals surface area contributed by atoms with Crippen LogP contribution in [-0.2, 0) is 19.7 Å². The predicted molar refractivity (Wildman–Crippen MR) is 109 cm³/mol. The van der Waals surface area contributed by atoms with Crippen molar-refractivity contribution in [3.63, 3.8) is 0 Å². The SMILES string of the molecule is CNc1ncc(S(=O)(=O)c2cccc(-c3cccc(S(C)(=O)=O)c3)c2)s1.Cl. The number of sulfone groups is 2. The Morgan fingerprint density at radius 3 is 2.00 bits per heavy atom. The van der Waals surface area contributed by atoms with Gasteiger partial charge in [0.15, 0.2) is 15.0 Å². The third kappa shape index (κ3) is 4.49. The first-order valence-electron chi connectivity index (χ1n) is 7.51. The van der Waals surface area contributed by atoms with Crippen LogP contribution in [0.4, 0.5) is 5.13 Å². The van der Waals surface area contributed by atoms with Crippen molar-refractivity contribution in [2.75, 3.05) is 18.6 Å². The Kier molecular flexibility index (Phi) is 6.31. The number of hydrogen-bond donors (Lipinski definition) is 1. The predicted octanol–water partition coefficient (Wildman–Crippen LogP) is 3.51. The number of halogens is 1. The average Bonchev–Trinajstić information content (AvgIpc) is 3.11. The van der Waals surface area contributed by atoms with Crippen molar-refractivity contribution in [3.05, 3.63) is 54.7 Å². The number of hydrogen-bond acceptors (Lipinski definition) is 7. The van der Waals surface area contributed by atoms with E-state index in [1.807, 2.05) is 0 Å². The van der Waals surface area contributed by atoms with Gasteiger partial charge in [-0.25, -0.2) is 21.8 Å². The first-order valence-corrected chi connectivity index (χ1v) is 11.7. The summed E-state index contributed by atoms with van der Waals surface area (Å²) in [4.78, 5) is 4.32. The van der Waals surface area contributed by atoms with Crippen LogP contribution < -0.4 is 5.32 Å². The summed E-state index contributed by atoms with van der Waals surface area (Å²) in [5.74, 6) is 0. The van der Waals surface area contributed by atoms with Gasteiger partial charge in [0, 0.05) is 13.3 Å². The molecule has 0 spiro atoms. The molecule has 3 aromatic rings. The van der Waals surface area contributed by atoms with Crippen LogP contribution in [0.2, 0.25) is 0 Å². The topological polar surface area (TPSA) is 93.2 Å². The molecule has 0 aliphatic heterocycles. The number of nitrogens with zero attached hydrogens (tertiary/aromatic N) is 1. The number of benzene rings is 2. The molecule has 2 aromatic carbocycles. The van der Waals surface area contributed by atoms with Gasteiger partial charge in [0.2, 0.25) is 9.84 Å². The summed E-state index contributed by atoms with van der Waals surface area (Å²) in [6.45, 7) is 0. The summed E-state index contributed by atoms with van der Waals surface area (Å²) in [7, 11) is -5.38. The molecule has 0 aliphatic carbocycles. The fraction of sp³-hybridized carbons (Fsp3) is 0.118. The molecule has 0 bridgehead atoms. The van der Waals surface area contributed by atoms with Crippen LogP contribution in [0.1, 0.15) is 0 Å². The van der Waals surface area contributed by atoms with E-state index in [9.17, 15) is 16.8 Å².